The molecule has 13 heteroatoms. The summed E-state index contributed by atoms with van der Waals surface area (Å²) < 4.78 is 20.3. The largest absolute Gasteiger partial charge is 0.417 e. The fourth-order valence-corrected chi connectivity index (χ4v) is 3.71. The van der Waals surface area contributed by atoms with Gasteiger partial charge in [-0.1, -0.05) is 12.1 Å². The Morgan fingerprint density at radius 2 is 1.73 bits per heavy atom. The van der Waals surface area contributed by atoms with Gasteiger partial charge >= 0.3 is 5.76 Å². The maximum absolute atomic E-state index is 14.0. The highest BCUT2D eigenvalue weighted by Gasteiger charge is 2.18. The Balaban J connectivity index is 1.32. The van der Waals surface area contributed by atoms with E-state index < -0.39 is 29.3 Å². The molecule has 0 saturated carbocycles. The van der Waals surface area contributed by atoms with Crippen LogP contribution < -0.4 is 22.1 Å². The zero-order valence-corrected chi connectivity index (χ0v) is 18.9. The second-order valence-corrected chi connectivity index (χ2v) is 8.02. The number of carbonyl (C=O) groups excluding carboxylic acids is 3. The van der Waals surface area contributed by atoms with Gasteiger partial charge in [0.2, 0.25) is 0 Å². The van der Waals surface area contributed by atoms with Crippen molar-refractivity contribution in [2.45, 2.75) is 13.1 Å². The molecule has 37 heavy (non-hydrogen) atoms. The van der Waals surface area contributed by atoms with Gasteiger partial charge in [0.25, 0.3) is 17.7 Å². The lowest BCUT2D eigenvalue weighted by molar-refractivity contribution is 0.0940. The minimum atomic E-state index is -0.895. The van der Waals surface area contributed by atoms with Crippen molar-refractivity contribution in [1.82, 2.24) is 30.2 Å². The third-order valence-electron chi connectivity index (χ3n) is 5.51. The van der Waals surface area contributed by atoms with Gasteiger partial charge in [0.15, 0.2) is 11.2 Å². The number of fused-ring (bicyclic) bond motifs is 2. The van der Waals surface area contributed by atoms with Crippen LogP contribution in [0.5, 0.6) is 0 Å². The number of H-pyrrole nitrogens is 1. The molecule has 0 spiro atoms. The number of carbonyl (C=O) groups is 3. The van der Waals surface area contributed by atoms with Crippen molar-refractivity contribution >= 4 is 34.5 Å². The van der Waals surface area contributed by atoms with Gasteiger partial charge in [0, 0.05) is 25.2 Å². The molecule has 0 aliphatic rings. The van der Waals surface area contributed by atoms with Gasteiger partial charge in [-0.15, -0.1) is 0 Å². The summed E-state index contributed by atoms with van der Waals surface area (Å²) in [7, 11) is 0. The number of benzene rings is 2. The van der Waals surface area contributed by atoms with Crippen LogP contribution in [0.2, 0.25) is 0 Å². The molecule has 0 aliphatic heterocycles. The number of hydrogen-bond acceptors (Lipinski definition) is 7. The van der Waals surface area contributed by atoms with E-state index in [9.17, 15) is 23.6 Å². The smallest absolute Gasteiger partial charge is 0.408 e. The van der Waals surface area contributed by atoms with Gasteiger partial charge in [-0.2, -0.15) is 5.10 Å². The number of hydrogen-bond donors (Lipinski definition) is 4. The molecule has 0 saturated heterocycles. The Kier molecular flexibility index (Phi) is 5.93. The molecule has 12 nitrogen and oxygen atoms in total. The molecule has 0 bridgehead atoms. The monoisotopic (exact) mass is 503 g/mol. The zero-order valence-electron chi connectivity index (χ0n) is 18.9. The fourth-order valence-electron chi connectivity index (χ4n) is 3.71. The zero-order chi connectivity index (χ0) is 26.1. The van der Waals surface area contributed by atoms with E-state index in [2.05, 4.69) is 25.7 Å². The first-order chi connectivity index (χ1) is 17.8. The summed E-state index contributed by atoms with van der Waals surface area (Å²) >= 11 is 0. The van der Waals surface area contributed by atoms with Crippen LogP contribution >= 0.6 is 0 Å². The summed E-state index contributed by atoms with van der Waals surface area (Å²) in [5.74, 6) is -3.39. The van der Waals surface area contributed by atoms with Crippen molar-refractivity contribution in [2.75, 3.05) is 0 Å². The first kappa shape index (κ1) is 23.4. The van der Waals surface area contributed by atoms with Crippen LogP contribution in [0.15, 0.2) is 63.9 Å². The Morgan fingerprint density at radius 3 is 2.49 bits per heavy atom. The van der Waals surface area contributed by atoms with E-state index in [4.69, 9.17) is 10.2 Å². The molecular weight excluding hydrogens is 485 g/mol. The van der Waals surface area contributed by atoms with Gasteiger partial charge in [-0.05, 0) is 35.4 Å². The van der Waals surface area contributed by atoms with Crippen molar-refractivity contribution in [2.24, 2.45) is 5.73 Å². The Morgan fingerprint density at radius 1 is 1.00 bits per heavy atom. The van der Waals surface area contributed by atoms with Crippen molar-refractivity contribution in [3.63, 3.8) is 0 Å². The Bertz CT molecular complexity index is 1750. The quantitative estimate of drug-likeness (QED) is 0.258. The lowest BCUT2D eigenvalue weighted by Gasteiger charge is -2.10. The number of oxazole rings is 1. The highest BCUT2D eigenvalue weighted by molar-refractivity contribution is 5.98. The summed E-state index contributed by atoms with van der Waals surface area (Å²) in [6.07, 6.45) is 1.43. The van der Waals surface area contributed by atoms with Crippen LogP contribution in [0.4, 0.5) is 4.39 Å². The summed E-state index contributed by atoms with van der Waals surface area (Å²) in [6, 6.07) is 11.6. The average molecular weight is 503 g/mol. The van der Waals surface area contributed by atoms with Gasteiger partial charge in [0.1, 0.15) is 17.2 Å². The van der Waals surface area contributed by atoms with Crippen molar-refractivity contribution < 1.29 is 23.2 Å². The second-order valence-electron chi connectivity index (χ2n) is 8.02. The lowest BCUT2D eigenvalue weighted by atomic mass is 10.1. The maximum Gasteiger partial charge on any atom is 0.417 e. The van der Waals surface area contributed by atoms with Crippen LogP contribution in [0.25, 0.3) is 16.7 Å². The van der Waals surface area contributed by atoms with E-state index in [-0.39, 0.29) is 35.7 Å². The SMILES string of the molecule is NC(=O)c1ccc(CNC(=O)c2cc(C(=O)NCc3ccc4oc(=O)[nH]c4c3)nc3ccnn23)cc1F. The Hall–Kier alpha value is -5.33. The van der Waals surface area contributed by atoms with E-state index >= 15 is 0 Å². The molecule has 0 fully saturated rings. The summed E-state index contributed by atoms with van der Waals surface area (Å²) in [4.78, 5) is 55.1. The molecule has 5 N–H and O–H groups in total. The minimum Gasteiger partial charge on any atom is -0.408 e. The number of amides is 3. The van der Waals surface area contributed by atoms with Crippen molar-refractivity contribution in [3.8, 4) is 0 Å². The highest BCUT2D eigenvalue weighted by Crippen LogP contribution is 2.14. The van der Waals surface area contributed by atoms with Crippen LogP contribution in [0.1, 0.15) is 42.5 Å². The van der Waals surface area contributed by atoms with Gasteiger partial charge in [-0.3, -0.25) is 19.4 Å². The number of primary amides is 1. The van der Waals surface area contributed by atoms with E-state index in [1.165, 1.54) is 35.0 Å². The first-order valence-electron chi connectivity index (χ1n) is 10.9. The molecule has 3 heterocycles. The number of aromatic amines is 1. The molecule has 0 atom stereocenters. The topological polar surface area (TPSA) is 177 Å². The number of nitrogens with zero attached hydrogens (tertiary/aromatic N) is 3. The summed E-state index contributed by atoms with van der Waals surface area (Å²) in [5, 5.41) is 9.44. The van der Waals surface area contributed by atoms with Crippen LogP contribution in [0, 0.1) is 5.82 Å². The third-order valence-corrected chi connectivity index (χ3v) is 5.51. The molecule has 5 rings (SSSR count). The van der Waals surface area contributed by atoms with E-state index in [0.717, 1.165) is 6.07 Å². The van der Waals surface area contributed by atoms with Crippen LogP contribution in [-0.2, 0) is 13.1 Å². The fraction of sp³-hybridized carbons (Fsp3) is 0.0833. The number of halogens is 1. The number of rotatable bonds is 7. The highest BCUT2D eigenvalue weighted by atomic mass is 19.1. The van der Waals surface area contributed by atoms with Crippen molar-refractivity contribution in [1.29, 1.82) is 0 Å². The predicted molar refractivity (Wildman–Crippen MR) is 127 cm³/mol. The van der Waals surface area contributed by atoms with Crippen LogP contribution in [0.3, 0.4) is 0 Å². The molecule has 0 aliphatic carbocycles. The van der Waals surface area contributed by atoms with Crippen molar-refractivity contribution in [3.05, 3.63) is 99.2 Å². The molecule has 2 aromatic carbocycles. The van der Waals surface area contributed by atoms with E-state index in [0.29, 0.717) is 22.2 Å². The molecule has 0 radical (unpaired) electrons. The first-order valence-corrected chi connectivity index (χ1v) is 10.9. The second kappa shape index (κ2) is 9.37. The molecule has 3 aromatic heterocycles. The van der Waals surface area contributed by atoms with Crippen LogP contribution in [-0.4, -0.2) is 37.3 Å². The molecule has 3 amide bonds. The van der Waals surface area contributed by atoms with Gasteiger partial charge < -0.3 is 20.8 Å². The van der Waals surface area contributed by atoms with E-state index in [1.807, 2.05) is 0 Å². The van der Waals surface area contributed by atoms with Gasteiger partial charge in [0.05, 0.1) is 17.3 Å². The molecule has 0 unspecified atom stereocenters. The minimum absolute atomic E-state index is 0.0206. The molecular formula is C24H18FN7O5. The van der Waals surface area contributed by atoms with Gasteiger partial charge in [-0.25, -0.2) is 18.7 Å². The number of nitrogens with two attached hydrogens (primary N) is 1. The Labute approximate surface area is 206 Å². The lowest BCUT2D eigenvalue weighted by Crippen LogP contribution is -2.28. The third kappa shape index (κ3) is 4.77. The standard InChI is InChI=1S/C24H18FN7O5/c25-15-7-12(1-3-14(15)21(26)33)10-28-23(35)18-9-17(30-20-5-6-29-32(18)20)22(34)27-11-13-2-4-19-16(8-13)31-24(36)37-19/h1-9H,10-11H2,(H2,26,33)(H,27,34)(H,28,35)(H,31,36). The normalized spacial score (nSPS) is 11.1. The number of aromatic nitrogens is 4. The molecule has 186 valence electrons. The average Bonchev–Trinajstić information content (AvgIpc) is 3.50. The summed E-state index contributed by atoms with van der Waals surface area (Å²) in [6.45, 7) is 0.0719. The molecule has 5 aromatic rings. The maximum atomic E-state index is 14.0. The van der Waals surface area contributed by atoms with E-state index in [1.54, 1.807) is 18.2 Å². The summed E-state index contributed by atoms with van der Waals surface area (Å²) in [5.41, 5.74) is 7.14. The predicted octanol–water partition coefficient (Wildman–Crippen LogP) is 1.26. The number of nitrogens with one attached hydrogen (secondary N) is 3.